The molecule has 0 spiro atoms. The summed E-state index contributed by atoms with van der Waals surface area (Å²) in [6.45, 7) is 3.43. The van der Waals surface area contributed by atoms with Gasteiger partial charge in [0.05, 0.1) is 6.61 Å². The first-order valence-corrected chi connectivity index (χ1v) is 5.71. The lowest BCUT2D eigenvalue weighted by atomic mass is 10.0. The summed E-state index contributed by atoms with van der Waals surface area (Å²) >= 11 is 0. The number of hydrogen-bond acceptors (Lipinski definition) is 3. The van der Waals surface area contributed by atoms with E-state index in [1.54, 1.807) is 7.11 Å². The second-order valence-corrected chi connectivity index (χ2v) is 3.59. The van der Waals surface area contributed by atoms with Gasteiger partial charge in [0.1, 0.15) is 5.75 Å². The molecule has 1 N–H and O–H groups in total. The fraction of sp³-hybridized carbons (Fsp3) is 0.538. The van der Waals surface area contributed by atoms with Crippen LogP contribution in [0.5, 0.6) is 5.75 Å². The predicted octanol–water partition coefficient (Wildman–Crippen LogP) is 2.38. The second kappa shape index (κ2) is 7.25. The van der Waals surface area contributed by atoms with E-state index in [1.165, 1.54) is 5.56 Å². The van der Waals surface area contributed by atoms with Crippen LogP contribution in [0.2, 0.25) is 0 Å². The molecule has 0 aliphatic rings. The summed E-state index contributed by atoms with van der Waals surface area (Å²) in [5, 5.41) is 3.29. The Kier molecular flexibility index (Phi) is 5.90. The molecule has 90 valence electrons. The third-order valence-corrected chi connectivity index (χ3v) is 2.55. The summed E-state index contributed by atoms with van der Waals surface area (Å²) in [6.07, 6.45) is 0.942. The number of para-hydroxylation sites is 1. The Bertz CT molecular complexity index is 302. The van der Waals surface area contributed by atoms with E-state index < -0.39 is 0 Å². The Hall–Kier alpha value is -1.06. The van der Waals surface area contributed by atoms with Crippen LogP contribution in [-0.2, 0) is 4.74 Å². The smallest absolute Gasteiger partial charge is 0.124 e. The number of benzene rings is 1. The quantitative estimate of drug-likeness (QED) is 0.770. The number of hydrogen-bond donors (Lipinski definition) is 1. The van der Waals surface area contributed by atoms with Crippen LogP contribution in [0.3, 0.4) is 0 Å². The molecule has 0 saturated carbocycles. The van der Waals surface area contributed by atoms with Crippen LogP contribution in [0.15, 0.2) is 24.3 Å². The molecule has 1 aromatic rings. The molecule has 0 fully saturated rings. The molecule has 3 heteroatoms. The second-order valence-electron chi connectivity index (χ2n) is 3.59. The van der Waals surface area contributed by atoms with Crippen molar-refractivity contribution in [3.05, 3.63) is 29.8 Å². The molecule has 0 aliphatic heterocycles. The normalized spacial score (nSPS) is 12.4. The highest BCUT2D eigenvalue weighted by atomic mass is 16.5. The average Bonchev–Trinajstić information content (AvgIpc) is 2.32. The van der Waals surface area contributed by atoms with E-state index in [0.29, 0.717) is 6.61 Å². The van der Waals surface area contributed by atoms with E-state index in [1.807, 2.05) is 32.2 Å². The Morgan fingerprint density at radius 1 is 1.31 bits per heavy atom. The minimum atomic E-state index is 0.280. The Morgan fingerprint density at radius 3 is 2.69 bits per heavy atom. The summed E-state index contributed by atoms with van der Waals surface area (Å²) in [5.41, 5.74) is 1.20. The molecule has 1 aromatic carbocycles. The lowest BCUT2D eigenvalue weighted by Gasteiger charge is -2.19. The van der Waals surface area contributed by atoms with Gasteiger partial charge in [-0.3, -0.25) is 0 Å². The van der Waals surface area contributed by atoms with Crippen molar-refractivity contribution in [1.29, 1.82) is 0 Å². The van der Waals surface area contributed by atoms with Gasteiger partial charge in [0.15, 0.2) is 0 Å². The summed E-state index contributed by atoms with van der Waals surface area (Å²) in [5.74, 6) is 0.959. The monoisotopic (exact) mass is 223 g/mol. The number of rotatable bonds is 7. The molecule has 1 rings (SSSR count). The number of methoxy groups -OCH3 is 1. The molecular formula is C13H21NO2. The molecule has 0 heterocycles. The van der Waals surface area contributed by atoms with Crippen molar-refractivity contribution < 1.29 is 9.47 Å². The van der Waals surface area contributed by atoms with Gasteiger partial charge in [-0.2, -0.15) is 0 Å². The highest BCUT2D eigenvalue weighted by Gasteiger charge is 2.13. The van der Waals surface area contributed by atoms with E-state index in [9.17, 15) is 0 Å². The maximum atomic E-state index is 5.62. The molecule has 0 amide bonds. The summed E-state index contributed by atoms with van der Waals surface area (Å²) < 4.78 is 10.7. The largest absolute Gasteiger partial charge is 0.494 e. The highest BCUT2D eigenvalue weighted by Crippen LogP contribution is 2.26. The Morgan fingerprint density at radius 2 is 2.06 bits per heavy atom. The van der Waals surface area contributed by atoms with E-state index >= 15 is 0 Å². The highest BCUT2D eigenvalue weighted by molar-refractivity contribution is 5.35. The van der Waals surface area contributed by atoms with Crippen LogP contribution >= 0.6 is 0 Å². The zero-order chi connectivity index (χ0) is 11.8. The van der Waals surface area contributed by atoms with Crippen LogP contribution in [0, 0.1) is 0 Å². The van der Waals surface area contributed by atoms with Gasteiger partial charge in [0, 0.05) is 25.3 Å². The van der Waals surface area contributed by atoms with E-state index in [0.717, 1.165) is 18.8 Å². The minimum Gasteiger partial charge on any atom is -0.494 e. The van der Waals surface area contributed by atoms with Gasteiger partial charge in [0.25, 0.3) is 0 Å². The third kappa shape index (κ3) is 3.51. The summed E-state index contributed by atoms with van der Waals surface area (Å²) in [7, 11) is 3.68. The van der Waals surface area contributed by atoms with Crippen LogP contribution in [-0.4, -0.2) is 27.4 Å². The van der Waals surface area contributed by atoms with Crippen molar-refractivity contribution in [3.63, 3.8) is 0 Å². The summed E-state index contributed by atoms with van der Waals surface area (Å²) in [4.78, 5) is 0. The Labute approximate surface area is 97.8 Å². The van der Waals surface area contributed by atoms with E-state index in [4.69, 9.17) is 9.47 Å². The van der Waals surface area contributed by atoms with Gasteiger partial charge >= 0.3 is 0 Å². The zero-order valence-corrected chi connectivity index (χ0v) is 10.3. The van der Waals surface area contributed by atoms with Crippen LogP contribution in [0.1, 0.15) is 24.9 Å². The van der Waals surface area contributed by atoms with Gasteiger partial charge in [-0.1, -0.05) is 18.2 Å². The number of nitrogens with one attached hydrogen (secondary N) is 1. The molecule has 0 aliphatic carbocycles. The Balaban J connectivity index is 2.81. The van der Waals surface area contributed by atoms with Crippen LogP contribution in [0.25, 0.3) is 0 Å². The lowest BCUT2D eigenvalue weighted by Crippen LogP contribution is -2.19. The fourth-order valence-corrected chi connectivity index (χ4v) is 1.75. The average molecular weight is 223 g/mol. The molecule has 0 saturated heterocycles. The SMILES string of the molecule is CCOc1ccccc1C(CCOC)NC. The van der Waals surface area contributed by atoms with Gasteiger partial charge in [0.2, 0.25) is 0 Å². The zero-order valence-electron chi connectivity index (χ0n) is 10.3. The topological polar surface area (TPSA) is 30.5 Å². The van der Waals surface area contributed by atoms with Crippen molar-refractivity contribution >= 4 is 0 Å². The van der Waals surface area contributed by atoms with Crippen molar-refractivity contribution in [2.24, 2.45) is 0 Å². The maximum absolute atomic E-state index is 5.62. The van der Waals surface area contributed by atoms with Crippen LogP contribution < -0.4 is 10.1 Å². The van der Waals surface area contributed by atoms with Gasteiger partial charge in [-0.05, 0) is 26.5 Å². The predicted molar refractivity (Wildman–Crippen MR) is 65.9 cm³/mol. The van der Waals surface area contributed by atoms with Gasteiger partial charge < -0.3 is 14.8 Å². The third-order valence-electron chi connectivity index (χ3n) is 2.55. The van der Waals surface area contributed by atoms with Crippen LogP contribution in [0.4, 0.5) is 0 Å². The van der Waals surface area contributed by atoms with Crippen molar-refractivity contribution in [1.82, 2.24) is 5.32 Å². The van der Waals surface area contributed by atoms with Crippen molar-refractivity contribution in [2.75, 3.05) is 27.4 Å². The van der Waals surface area contributed by atoms with Gasteiger partial charge in [-0.25, -0.2) is 0 Å². The molecule has 0 bridgehead atoms. The standard InChI is InChI=1S/C13H21NO2/c1-4-16-13-8-6-5-7-11(13)12(14-2)9-10-15-3/h5-8,12,14H,4,9-10H2,1-3H3. The molecule has 1 unspecified atom stereocenters. The minimum absolute atomic E-state index is 0.280. The lowest BCUT2D eigenvalue weighted by molar-refractivity contribution is 0.183. The molecule has 0 radical (unpaired) electrons. The number of ether oxygens (including phenoxy) is 2. The molecular weight excluding hydrogens is 202 g/mol. The molecule has 3 nitrogen and oxygen atoms in total. The molecule has 0 aromatic heterocycles. The molecule has 16 heavy (non-hydrogen) atoms. The first kappa shape index (κ1) is 13.0. The first-order valence-electron chi connectivity index (χ1n) is 5.71. The fourth-order valence-electron chi connectivity index (χ4n) is 1.75. The maximum Gasteiger partial charge on any atom is 0.124 e. The van der Waals surface area contributed by atoms with E-state index in [2.05, 4.69) is 11.4 Å². The molecule has 1 atom stereocenters. The summed E-state index contributed by atoms with van der Waals surface area (Å²) in [6, 6.07) is 8.42. The van der Waals surface area contributed by atoms with Crippen molar-refractivity contribution in [3.8, 4) is 5.75 Å². The first-order chi connectivity index (χ1) is 7.83. The van der Waals surface area contributed by atoms with E-state index in [-0.39, 0.29) is 6.04 Å². The van der Waals surface area contributed by atoms with Crippen molar-refractivity contribution in [2.45, 2.75) is 19.4 Å². The van der Waals surface area contributed by atoms with Gasteiger partial charge in [-0.15, -0.1) is 0 Å².